The fraction of sp³-hybridized carbons (Fsp3) is 0.779. The summed E-state index contributed by atoms with van der Waals surface area (Å²) in [4.78, 5) is 38.3. The number of unbranched alkanes of at least 4 members (excludes halogenated alkanes) is 35. The highest BCUT2D eigenvalue weighted by molar-refractivity contribution is 5.71. The maximum absolute atomic E-state index is 12.9. The third kappa shape index (κ3) is 59.7. The second-order valence-corrected chi connectivity index (χ2v) is 21.3. The summed E-state index contributed by atoms with van der Waals surface area (Å²) in [7, 11) is 0. The van der Waals surface area contributed by atoms with Crippen LogP contribution in [0.4, 0.5) is 0 Å². The third-order valence-electron chi connectivity index (χ3n) is 13.9. The minimum absolute atomic E-state index is 0.0848. The number of hydrogen-bond donors (Lipinski definition) is 0. The van der Waals surface area contributed by atoms with Crippen LogP contribution in [0.5, 0.6) is 0 Å². The van der Waals surface area contributed by atoms with Gasteiger partial charge in [-0.3, -0.25) is 14.4 Å². The monoisotopic (exact) mass is 1030 g/mol. The lowest BCUT2D eigenvalue weighted by Gasteiger charge is -2.18. The van der Waals surface area contributed by atoms with Gasteiger partial charge in [0.25, 0.3) is 0 Å². The maximum atomic E-state index is 12.9. The Morgan fingerprint density at radius 1 is 0.284 bits per heavy atom. The van der Waals surface area contributed by atoms with E-state index in [4.69, 9.17) is 14.2 Å². The first-order valence-corrected chi connectivity index (χ1v) is 31.9. The summed E-state index contributed by atoms with van der Waals surface area (Å²) in [6.07, 6.45) is 80.4. The van der Waals surface area contributed by atoms with E-state index in [1.807, 2.05) is 0 Å². The van der Waals surface area contributed by atoms with Crippen molar-refractivity contribution in [2.75, 3.05) is 13.2 Å². The quantitative estimate of drug-likeness (QED) is 0.0261. The number of carbonyl (C=O) groups is 3. The van der Waals surface area contributed by atoms with Crippen molar-refractivity contribution in [1.29, 1.82) is 0 Å². The van der Waals surface area contributed by atoms with Crippen molar-refractivity contribution in [3.8, 4) is 0 Å². The molecule has 0 amide bonds. The van der Waals surface area contributed by atoms with E-state index >= 15 is 0 Å². The lowest BCUT2D eigenvalue weighted by molar-refractivity contribution is -0.167. The Hall–Kier alpha value is -3.15. The van der Waals surface area contributed by atoms with Gasteiger partial charge in [0, 0.05) is 19.3 Å². The molecule has 0 spiro atoms. The van der Waals surface area contributed by atoms with E-state index in [9.17, 15) is 14.4 Å². The zero-order valence-electron chi connectivity index (χ0n) is 49.1. The van der Waals surface area contributed by atoms with Crippen LogP contribution >= 0.6 is 0 Å². The van der Waals surface area contributed by atoms with Crippen LogP contribution in [-0.2, 0) is 28.6 Å². The third-order valence-corrected chi connectivity index (χ3v) is 13.9. The molecule has 0 aliphatic carbocycles. The molecule has 1 atom stereocenters. The molecule has 0 rings (SSSR count). The van der Waals surface area contributed by atoms with Gasteiger partial charge in [-0.25, -0.2) is 0 Å². The van der Waals surface area contributed by atoms with E-state index in [0.29, 0.717) is 19.3 Å². The second kappa shape index (κ2) is 62.4. The van der Waals surface area contributed by atoms with E-state index in [0.717, 1.165) is 96.3 Å². The van der Waals surface area contributed by atoms with Crippen molar-refractivity contribution in [2.24, 2.45) is 0 Å². The molecule has 0 saturated carbocycles. The number of carbonyl (C=O) groups excluding carboxylic acids is 3. The number of esters is 3. The zero-order valence-corrected chi connectivity index (χ0v) is 49.1. The van der Waals surface area contributed by atoms with E-state index < -0.39 is 6.10 Å². The Labute approximate surface area is 459 Å². The van der Waals surface area contributed by atoms with E-state index in [1.54, 1.807) is 0 Å². The van der Waals surface area contributed by atoms with Gasteiger partial charge < -0.3 is 14.2 Å². The van der Waals surface area contributed by atoms with Gasteiger partial charge in [-0.1, -0.05) is 267 Å². The largest absolute Gasteiger partial charge is 0.462 e. The molecule has 0 aromatic rings. The van der Waals surface area contributed by atoms with Crippen LogP contribution in [0.15, 0.2) is 72.9 Å². The average Bonchev–Trinajstić information content (AvgIpc) is 3.40. The molecule has 0 aromatic heterocycles. The normalized spacial score (nSPS) is 12.5. The van der Waals surface area contributed by atoms with Crippen molar-refractivity contribution in [1.82, 2.24) is 0 Å². The Balaban J connectivity index is 4.41. The molecule has 0 heterocycles. The van der Waals surface area contributed by atoms with Crippen molar-refractivity contribution in [3.05, 3.63) is 72.9 Å². The Kier molecular flexibility index (Phi) is 59.7. The Morgan fingerprint density at radius 2 is 0.527 bits per heavy atom. The summed E-state index contributed by atoms with van der Waals surface area (Å²) in [5.74, 6) is -0.896. The second-order valence-electron chi connectivity index (χ2n) is 21.3. The van der Waals surface area contributed by atoms with Crippen molar-refractivity contribution in [2.45, 2.75) is 329 Å². The first-order valence-electron chi connectivity index (χ1n) is 31.9. The first kappa shape index (κ1) is 70.8. The smallest absolute Gasteiger partial charge is 0.306 e. The summed E-state index contributed by atoms with van der Waals surface area (Å²) in [5.41, 5.74) is 0. The fourth-order valence-electron chi connectivity index (χ4n) is 9.13. The number of allylic oxidation sites excluding steroid dienone is 12. The van der Waals surface area contributed by atoms with E-state index in [1.165, 1.54) is 186 Å². The van der Waals surface area contributed by atoms with Gasteiger partial charge in [0.2, 0.25) is 0 Å². The summed E-state index contributed by atoms with van der Waals surface area (Å²) in [6, 6.07) is 0. The molecule has 0 aliphatic heterocycles. The molecule has 0 radical (unpaired) electrons. The fourth-order valence-corrected chi connectivity index (χ4v) is 9.13. The van der Waals surface area contributed by atoms with Gasteiger partial charge in [0.05, 0.1) is 0 Å². The molecule has 6 heteroatoms. The lowest BCUT2D eigenvalue weighted by Crippen LogP contribution is -2.30. The predicted octanol–water partition coefficient (Wildman–Crippen LogP) is 21.7. The highest BCUT2D eigenvalue weighted by Gasteiger charge is 2.19. The zero-order chi connectivity index (χ0) is 53.6. The van der Waals surface area contributed by atoms with Gasteiger partial charge in [-0.2, -0.15) is 0 Å². The molecule has 0 N–H and O–H groups in total. The summed E-state index contributed by atoms with van der Waals surface area (Å²) >= 11 is 0. The Bertz CT molecular complexity index is 1370. The molecule has 0 bridgehead atoms. The molecule has 0 fully saturated rings. The first-order chi connectivity index (χ1) is 36.5. The molecule has 6 nitrogen and oxygen atoms in total. The molecule has 0 aromatic carbocycles. The molecular formula is C68H120O6. The van der Waals surface area contributed by atoms with Crippen molar-refractivity contribution in [3.63, 3.8) is 0 Å². The van der Waals surface area contributed by atoms with Gasteiger partial charge in [-0.15, -0.1) is 0 Å². The Morgan fingerprint density at radius 3 is 0.838 bits per heavy atom. The minimum Gasteiger partial charge on any atom is -0.462 e. The lowest BCUT2D eigenvalue weighted by atomic mass is 10.1. The van der Waals surface area contributed by atoms with Gasteiger partial charge in [-0.05, 0) is 109 Å². The highest BCUT2D eigenvalue weighted by Crippen LogP contribution is 2.16. The summed E-state index contributed by atoms with van der Waals surface area (Å²) in [5, 5.41) is 0. The molecule has 74 heavy (non-hydrogen) atoms. The molecule has 0 aliphatic rings. The summed E-state index contributed by atoms with van der Waals surface area (Å²) < 4.78 is 16.9. The van der Waals surface area contributed by atoms with Crippen molar-refractivity contribution >= 4 is 17.9 Å². The highest BCUT2D eigenvalue weighted by atomic mass is 16.6. The molecule has 428 valence electrons. The van der Waals surface area contributed by atoms with Gasteiger partial charge in [0.15, 0.2) is 6.10 Å². The van der Waals surface area contributed by atoms with Gasteiger partial charge in [0.1, 0.15) is 13.2 Å². The predicted molar refractivity (Wildman–Crippen MR) is 321 cm³/mol. The van der Waals surface area contributed by atoms with Crippen LogP contribution in [0.2, 0.25) is 0 Å². The van der Waals surface area contributed by atoms with Crippen LogP contribution < -0.4 is 0 Å². The summed E-state index contributed by atoms with van der Waals surface area (Å²) in [6.45, 7) is 6.54. The minimum atomic E-state index is -0.789. The maximum Gasteiger partial charge on any atom is 0.306 e. The van der Waals surface area contributed by atoms with E-state index in [-0.39, 0.29) is 31.1 Å². The van der Waals surface area contributed by atoms with Crippen molar-refractivity contribution < 1.29 is 28.6 Å². The molecule has 1 unspecified atom stereocenters. The average molecular weight is 1030 g/mol. The number of hydrogen-bond acceptors (Lipinski definition) is 6. The van der Waals surface area contributed by atoms with Crippen LogP contribution in [0.25, 0.3) is 0 Å². The van der Waals surface area contributed by atoms with Crippen LogP contribution in [0, 0.1) is 0 Å². The van der Waals surface area contributed by atoms with Crippen LogP contribution in [0.3, 0.4) is 0 Å². The molecular weight excluding hydrogens is 913 g/mol. The SMILES string of the molecule is CC/C=C\C/C=C\C/C=C\C/C=C\CCCCCCCCC(=O)OCC(COC(=O)CCCCCCC/C=C\CCCCCCCCCCC)OC(=O)CCCCCCCCC/C=C\CCCCCCCCCC. The standard InChI is InChI=1S/C68H120O6/c1-4-7-10-13-16-19-22-25-28-31-34-37-40-43-46-49-52-55-58-61-67(70)73-64-65(63-72-66(69)60-57-54-51-48-45-42-39-36-33-30-27-24-21-18-15-12-9-6-3)74-68(71)62-59-56-53-50-47-44-41-38-35-32-29-26-23-20-17-14-11-8-5-2/h7,10,16,19,25,28,32,34-37,39,65H,4-6,8-9,11-15,17-18,20-24,26-27,29-31,33,38,40-64H2,1-3H3/b10-7-,19-16-,28-25-,35-32-,37-34-,39-36-. The van der Waals surface area contributed by atoms with Crippen LogP contribution in [-0.4, -0.2) is 37.2 Å². The topological polar surface area (TPSA) is 78.9 Å². The number of ether oxygens (including phenoxy) is 3. The van der Waals surface area contributed by atoms with Crippen LogP contribution in [0.1, 0.15) is 323 Å². The van der Waals surface area contributed by atoms with E-state index in [2.05, 4.69) is 93.7 Å². The molecule has 0 saturated heterocycles. The number of rotatable bonds is 58. The van der Waals surface area contributed by atoms with Gasteiger partial charge >= 0.3 is 17.9 Å².